The Balaban J connectivity index is 1.55. The molecule has 1 aliphatic carbocycles. The molecule has 5 nitrogen and oxygen atoms in total. The maximum atomic E-state index is 14.2. The lowest BCUT2D eigenvalue weighted by Gasteiger charge is -2.23. The third-order valence-electron chi connectivity index (χ3n) is 5.14. The van der Waals surface area contributed by atoms with Crippen LogP contribution < -0.4 is 5.56 Å². The first-order chi connectivity index (χ1) is 14.0. The van der Waals surface area contributed by atoms with Gasteiger partial charge >= 0.3 is 0 Å². The van der Waals surface area contributed by atoms with E-state index in [4.69, 9.17) is 23.8 Å². The Morgan fingerprint density at radius 1 is 1.24 bits per heavy atom. The molecule has 1 amide bonds. The Bertz CT molecular complexity index is 1180. The van der Waals surface area contributed by atoms with Gasteiger partial charge in [0.25, 0.3) is 5.56 Å². The van der Waals surface area contributed by atoms with Crippen molar-refractivity contribution in [3.05, 3.63) is 74.0 Å². The molecule has 1 aromatic heterocycles. The van der Waals surface area contributed by atoms with Gasteiger partial charge in [-0.15, -0.1) is 0 Å². The molecule has 3 aromatic rings. The number of fused-ring (bicyclic) bond motifs is 1. The van der Waals surface area contributed by atoms with Crippen LogP contribution in [-0.4, -0.2) is 26.4 Å². The molecule has 150 valence electrons. The molecular formula is C21H19ClFN3O2S. The molecule has 29 heavy (non-hydrogen) atoms. The first kappa shape index (κ1) is 19.8. The number of aromatic nitrogens is 2. The van der Waals surface area contributed by atoms with Gasteiger partial charge < -0.3 is 9.88 Å². The number of aromatic amines is 1. The standard InChI is InChI=1S/C21H19ClFN3O2S/c22-16-5-3-6-17(23)15(16)12-26(13-8-9-13)19(27)10-11-25-20(28)14-4-1-2-7-18(14)24-21(25)29/h1-7,13H,8-12H2,(H,24,29). The fourth-order valence-corrected chi connectivity index (χ4v) is 3.92. The topological polar surface area (TPSA) is 58.1 Å². The summed E-state index contributed by atoms with van der Waals surface area (Å²) in [6.07, 6.45) is 1.86. The number of carbonyl (C=O) groups excluding carboxylic acids is 1. The molecule has 0 atom stereocenters. The number of hydrogen-bond donors (Lipinski definition) is 1. The minimum Gasteiger partial charge on any atom is -0.335 e. The number of hydrogen-bond acceptors (Lipinski definition) is 3. The highest BCUT2D eigenvalue weighted by Gasteiger charge is 2.33. The van der Waals surface area contributed by atoms with E-state index in [9.17, 15) is 14.0 Å². The summed E-state index contributed by atoms with van der Waals surface area (Å²) >= 11 is 11.4. The van der Waals surface area contributed by atoms with Crippen LogP contribution in [0, 0.1) is 10.6 Å². The molecule has 0 unspecified atom stereocenters. The number of nitrogens with one attached hydrogen (secondary N) is 1. The fraction of sp³-hybridized carbons (Fsp3) is 0.286. The highest BCUT2D eigenvalue weighted by Crippen LogP contribution is 2.31. The highest BCUT2D eigenvalue weighted by atomic mass is 35.5. The molecule has 0 spiro atoms. The number of carbonyl (C=O) groups is 1. The normalized spacial score (nSPS) is 13.6. The largest absolute Gasteiger partial charge is 0.335 e. The van der Waals surface area contributed by atoms with Crippen molar-refractivity contribution in [2.75, 3.05) is 0 Å². The van der Waals surface area contributed by atoms with Crippen molar-refractivity contribution >= 4 is 40.6 Å². The molecule has 1 aliphatic rings. The Kier molecular flexibility index (Phi) is 5.52. The molecule has 0 saturated heterocycles. The monoisotopic (exact) mass is 431 g/mol. The average Bonchev–Trinajstić information content (AvgIpc) is 3.52. The summed E-state index contributed by atoms with van der Waals surface area (Å²) in [6.45, 7) is 0.278. The lowest BCUT2D eigenvalue weighted by atomic mass is 10.2. The number of rotatable bonds is 6. The van der Waals surface area contributed by atoms with E-state index in [1.807, 2.05) is 6.07 Å². The zero-order valence-corrected chi connectivity index (χ0v) is 17.1. The zero-order valence-electron chi connectivity index (χ0n) is 15.5. The first-order valence-electron chi connectivity index (χ1n) is 9.40. The van der Waals surface area contributed by atoms with Gasteiger partial charge in [0, 0.05) is 29.6 Å². The van der Waals surface area contributed by atoms with Gasteiger partial charge in [0.05, 0.1) is 17.4 Å². The summed E-state index contributed by atoms with van der Waals surface area (Å²) in [5, 5.41) is 0.822. The number of halogens is 2. The third-order valence-corrected chi connectivity index (χ3v) is 5.81. The van der Waals surface area contributed by atoms with Gasteiger partial charge in [0.15, 0.2) is 4.77 Å². The second-order valence-electron chi connectivity index (χ2n) is 7.14. The summed E-state index contributed by atoms with van der Waals surface area (Å²) in [5.41, 5.74) is 0.751. The van der Waals surface area contributed by atoms with E-state index in [2.05, 4.69) is 4.98 Å². The second kappa shape index (κ2) is 8.08. The smallest absolute Gasteiger partial charge is 0.262 e. The molecule has 0 aliphatic heterocycles. The van der Waals surface area contributed by atoms with Crippen molar-refractivity contribution in [1.29, 1.82) is 0 Å². The Morgan fingerprint density at radius 3 is 2.72 bits per heavy atom. The van der Waals surface area contributed by atoms with Crippen LogP contribution in [0.15, 0.2) is 47.3 Å². The van der Waals surface area contributed by atoms with Crippen molar-refractivity contribution in [3.63, 3.8) is 0 Å². The van der Waals surface area contributed by atoms with Crippen LogP contribution in [-0.2, 0) is 17.9 Å². The molecule has 1 saturated carbocycles. The second-order valence-corrected chi connectivity index (χ2v) is 7.93. The van der Waals surface area contributed by atoms with Gasteiger partial charge in [-0.05, 0) is 49.3 Å². The summed E-state index contributed by atoms with van der Waals surface area (Å²) in [6, 6.07) is 11.7. The van der Waals surface area contributed by atoms with E-state index >= 15 is 0 Å². The zero-order chi connectivity index (χ0) is 20.5. The summed E-state index contributed by atoms with van der Waals surface area (Å²) in [7, 11) is 0. The van der Waals surface area contributed by atoms with E-state index in [1.165, 1.54) is 16.7 Å². The quantitative estimate of drug-likeness (QED) is 0.587. The molecule has 0 bridgehead atoms. The molecule has 4 rings (SSSR count). The van der Waals surface area contributed by atoms with Crippen LogP contribution in [0.3, 0.4) is 0 Å². The van der Waals surface area contributed by atoms with E-state index < -0.39 is 5.82 Å². The molecule has 8 heteroatoms. The molecule has 1 heterocycles. The van der Waals surface area contributed by atoms with E-state index in [0.717, 1.165) is 12.8 Å². The molecule has 1 N–H and O–H groups in total. The van der Waals surface area contributed by atoms with Crippen LogP contribution in [0.4, 0.5) is 4.39 Å². The van der Waals surface area contributed by atoms with Crippen molar-refractivity contribution < 1.29 is 9.18 Å². The third kappa shape index (κ3) is 4.11. The highest BCUT2D eigenvalue weighted by molar-refractivity contribution is 7.71. The lowest BCUT2D eigenvalue weighted by Crippen LogP contribution is -2.34. The predicted molar refractivity (Wildman–Crippen MR) is 113 cm³/mol. The van der Waals surface area contributed by atoms with Gasteiger partial charge in [0.1, 0.15) is 5.82 Å². The number of H-pyrrole nitrogens is 1. The Morgan fingerprint density at radius 2 is 2.00 bits per heavy atom. The molecular weight excluding hydrogens is 413 g/mol. The van der Waals surface area contributed by atoms with Crippen molar-refractivity contribution in [2.24, 2.45) is 0 Å². The number of para-hydroxylation sites is 1. The minimum atomic E-state index is -0.427. The van der Waals surface area contributed by atoms with Crippen LogP contribution in [0.1, 0.15) is 24.8 Å². The maximum Gasteiger partial charge on any atom is 0.262 e. The van der Waals surface area contributed by atoms with Gasteiger partial charge in [-0.1, -0.05) is 29.8 Å². The SMILES string of the molecule is O=C(CCn1c(=S)[nH]c2ccccc2c1=O)N(Cc1c(F)cccc1Cl)C1CC1. The van der Waals surface area contributed by atoms with Gasteiger partial charge in [-0.3, -0.25) is 14.2 Å². The van der Waals surface area contributed by atoms with Crippen LogP contribution >= 0.6 is 23.8 Å². The fourth-order valence-electron chi connectivity index (χ4n) is 3.41. The molecule has 2 aromatic carbocycles. The number of benzene rings is 2. The maximum absolute atomic E-state index is 14.2. The minimum absolute atomic E-state index is 0.0843. The van der Waals surface area contributed by atoms with E-state index in [0.29, 0.717) is 21.5 Å². The Hall–Kier alpha value is -2.51. The van der Waals surface area contributed by atoms with Crippen molar-refractivity contribution in [3.8, 4) is 0 Å². The summed E-state index contributed by atoms with van der Waals surface area (Å²) in [5.74, 6) is -0.578. The summed E-state index contributed by atoms with van der Waals surface area (Å²) < 4.78 is 15.9. The number of amides is 1. The van der Waals surface area contributed by atoms with Gasteiger partial charge in [-0.2, -0.15) is 0 Å². The Labute approximate surface area is 176 Å². The molecule has 0 radical (unpaired) electrons. The predicted octanol–water partition coefficient (Wildman–Crippen LogP) is 4.43. The first-order valence-corrected chi connectivity index (χ1v) is 10.2. The van der Waals surface area contributed by atoms with Crippen molar-refractivity contribution in [1.82, 2.24) is 14.5 Å². The van der Waals surface area contributed by atoms with Crippen LogP contribution in [0.2, 0.25) is 5.02 Å². The van der Waals surface area contributed by atoms with Crippen LogP contribution in [0.5, 0.6) is 0 Å². The summed E-state index contributed by atoms with van der Waals surface area (Å²) in [4.78, 5) is 30.3. The lowest BCUT2D eigenvalue weighted by molar-refractivity contribution is -0.132. The van der Waals surface area contributed by atoms with Crippen molar-refractivity contribution in [2.45, 2.75) is 38.4 Å². The van der Waals surface area contributed by atoms with Gasteiger partial charge in [-0.25, -0.2) is 4.39 Å². The van der Waals surface area contributed by atoms with Gasteiger partial charge in [0.2, 0.25) is 5.91 Å². The van der Waals surface area contributed by atoms with E-state index in [-0.39, 0.29) is 41.8 Å². The number of nitrogens with zero attached hydrogens (tertiary/aromatic N) is 2. The van der Waals surface area contributed by atoms with E-state index in [1.54, 1.807) is 29.2 Å². The average molecular weight is 432 g/mol. The van der Waals surface area contributed by atoms with Crippen LogP contribution in [0.25, 0.3) is 10.9 Å². The molecule has 1 fully saturated rings.